The number of nitrogens with zero attached hydrogens (tertiary/aromatic N) is 5. The smallest absolute Gasteiger partial charge is 0.150 e. The van der Waals surface area contributed by atoms with Gasteiger partial charge in [-0.15, -0.1) is 11.3 Å². The molecule has 120 valence electrons. The standard InChI is InChI=1S/C17H16N6S/c18-7-12-1-2-15(19-8-12)20-9-13-3-5-23(10-13)17-16-14(4-6-24-16)21-11-22-17/h1-2,4,6,8,11,13H,3,5,9-10H2,(H,19,20)/t13-/m1/s1. The van der Waals surface area contributed by atoms with Crippen molar-refractivity contribution in [2.75, 3.05) is 29.9 Å². The second-order valence-corrected chi connectivity index (χ2v) is 6.77. The Labute approximate surface area is 143 Å². The van der Waals surface area contributed by atoms with Crippen molar-refractivity contribution in [3.63, 3.8) is 0 Å². The monoisotopic (exact) mass is 336 g/mol. The molecule has 0 aromatic carbocycles. The van der Waals surface area contributed by atoms with Crippen LogP contribution in [0.3, 0.4) is 0 Å². The summed E-state index contributed by atoms with van der Waals surface area (Å²) in [4.78, 5) is 15.4. The van der Waals surface area contributed by atoms with Crippen LogP contribution in [-0.2, 0) is 0 Å². The van der Waals surface area contributed by atoms with Gasteiger partial charge in [0.15, 0.2) is 0 Å². The third kappa shape index (κ3) is 2.88. The fourth-order valence-electron chi connectivity index (χ4n) is 3.01. The molecule has 3 aromatic rings. The first-order chi connectivity index (χ1) is 11.8. The van der Waals surface area contributed by atoms with Crippen molar-refractivity contribution in [3.05, 3.63) is 41.7 Å². The van der Waals surface area contributed by atoms with Crippen molar-refractivity contribution in [3.8, 4) is 6.07 Å². The number of pyridine rings is 1. The van der Waals surface area contributed by atoms with Gasteiger partial charge in [0.05, 0.1) is 15.8 Å². The SMILES string of the molecule is N#Cc1ccc(NC[C@H]2CCN(c3ncnc4ccsc34)C2)nc1. The summed E-state index contributed by atoms with van der Waals surface area (Å²) < 4.78 is 1.17. The highest BCUT2D eigenvalue weighted by Crippen LogP contribution is 2.31. The molecule has 0 amide bonds. The van der Waals surface area contributed by atoms with Crippen LogP contribution in [-0.4, -0.2) is 34.6 Å². The molecule has 1 atom stereocenters. The summed E-state index contributed by atoms with van der Waals surface area (Å²) >= 11 is 1.70. The Morgan fingerprint density at radius 2 is 2.25 bits per heavy atom. The summed E-state index contributed by atoms with van der Waals surface area (Å²) in [6.07, 6.45) is 4.37. The Balaban J connectivity index is 1.39. The van der Waals surface area contributed by atoms with Crippen LogP contribution in [0.4, 0.5) is 11.6 Å². The van der Waals surface area contributed by atoms with E-state index in [2.05, 4.69) is 36.6 Å². The quantitative estimate of drug-likeness (QED) is 0.789. The Morgan fingerprint density at radius 1 is 1.29 bits per heavy atom. The molecule has 6 nitrogen and oxygen atoms in total. The molecule has 1 N–H and O–H groups in total. The molecule has 1 saturated heterocycles. The number of hydrogen-bond donors (Lipinski definition) is 1. The van der Waals surface area contributed by atoms with E-state index < -0.39 is 0 Å². The van der Waals surface area contributed by atoms with E-state index in [1.54, 1.807) is 29.9 Å². The van der Waals surface area contributed by atoms with Gasteiger partial charge >= 0.3 is 0 Å². The van der Waals surface area contributed by atoms with Crippen molar-refractivity contribution < 1.29 is 0 Å². The highest BCUT2D eigenvalue weighted by Gasteiger charge is 2.25. The second kappa shape index (κ2) is 6.42. The molecule has 7 heteroatoms. The maximum Gasteiger partial charge on any atom is 0.150 e. The summed E-state index contributed by atoms with van der Waals surface area (Å²) in [5.74, 6) is 2.41. The zero-order valence-corrected chi connectivity index (χ0v) is 13.8. The van der Waals surface area contributed by atoms with Crippen LogP contribution in [0, 0.1) is 17.2 Å². The fraction of sp³-hybridized carbons (Fsp3) is 0.294. The number of nitrogens with one attached hydrogen (secondary N) is 1. The fourth-order valence-corrected chi connectivity index (χ4v) is 3.87. The van der Waals surface area contributed by atoms with Crippen LogP contribution in [0.15, 0.2) is 36.1 Å². The minimum Gasteiger partial charge on any atom is -0.370 e. The Kier molecular flexibility index (Phi) is 3.97. The minimum absolute atomic E-state index is 0.549. The molecule has 4 rings (SSSR count). The first-order valence-corrected chi connectivity index (χ1v) is 8.74. The summed E-state index contributed by atoms with van der Waals surface area (Å²) in [7, 11) is 0. The van der Waals surface area contributed by atoms with E-state index in [9.17, 15) is 0 Å². The number of fused-ring (bicyclic) bond motifs is 1. The van der Waals surface area contributed by atoms with Crippen LogP contribution in [0.2, 0.25) is 0 Å². The lowest BCUT2D eigenvalue weighted by atomic mass is 10.1. The van der Waals surface area contributed by atoms with Gasteiger partial charge in [-0.2, -0.15) is 5.26 Å². The number of anilines is 2. The zero-order valence-electron chi connectivity index (χ0n) is 13.0. The Morgan fingerprint density at radius 3 is 3.08 bits per heavy atom. The van der Waals surface area contributed by atoms with Gasteiger partial charge in [-0.05, 0) is 35.9 Å². The zero-order chi connectivity index (χ0) is 16.4. The average Bonchev–Trinajstić information content (AvgIpc) is 3.29. The van der Waals surface area contributed by atoms with Gasteiger partial charge in [-0.25, -0.2) is 15.0 Å². The number of nitriles is 1. The molecule has 3 aromatic heterocycles. The van der Waals surface area contributed by atoms with Gasteiger partial charge in [0, 0.05) is 25.8 Å². The lowest BCUT2D eigenvalue weighted by Crippen LogP contribution is -2.23. The van der Waals surface area contributed by atoms with Crippen molar-refractivity contribution in [2.45, 2.75) is 6.42 Å². The molecule has 0 bridgehead atoms. The van der Waals surface area contributed by atoms with Gasteiger partial charge in [-0.1, -0.05) is 0 Å². The largest absolute Gasteiger partial charge is 0.370 e. The van der Waals surface area contributed by atoms with Crippen LogP contribution in [0.5, 0.6) is 0 Å². The first kappa shape index (κ1) is 14.8. The van der Waals surface area contributed by atoms with Gasteiger partial charge in [-0.3, -0.25) is 0 Å². The molecule has 24 heavy (non-hydrogen) atoms. The normalized spacial score (nSPS) is 17.1. The molecule has 0 saturated carbocycles. The van der Waals surface area contributed by atoms with E-state index in [1.807, 2.05) is 12.1 Å². The van der Waals surface area contributed by atoms with E-state index in [4.69, 9.17) is 5.26 Å². The molecule has 0 unspecified atom stereocenters. The molecule has 1 aliphatic heterocycles. The van der Waals surface area contributed by atoms with Crippen LogP contribution in [0.25, 0.3) is 10.2 Å². The van der Waals surface area contributed by atoms with E-state index in [0.29, 0.717) is 11.5 Å². The first-order valence-electron chi connectivity index (χ1n) is 7.86. The lowest BCUT2D eigenvalue weighted by molar-refractivity contribution is 0.621. The van der Waals surface area contributed by atoms with Crippen LogP contribution >= 0.6 is 11.3 Å². The lowest BCUT2D eigenvalue weighted by Gasteiger charge is -2.18. The third-order valence-corrected chi connectivity index (χ3v) is 5.17. The molecule has 4 heterocycles. The van der Waals surface area contributed by atoms with Crippen molar-refractivity contribution in [2.24, 2.45) is 5.92 Å². The molecule has 1 fully saturated rings. The topological polar surface area (TPSA) is 77.7 Å². The van der Waals surface area contributed by atoms with Gasteiger partial charge in [0.1, 0.15) is 24.0 Å². The number of aromatic nitrogens is 3. The highest BCUT2D eigenvalue weighted by atomic mass is 32.1. The van der Waals surface area contributed by atoms with Crippen LogP contribution in [0.1, 0.15) is 12.0 Å². The van der Waals surface area contributed by atoms with Crippen molar-refractivity contribution in [1.29, 1.82) is 5.26 Å². The molecule has 1 aliphatic rings. The third-order valence-electron chi connectivity index (χ3n) is 4.27. The van der Waals surface area contributed by atoms with Crippen molar-refractivity contribution in [1.82, 2.24) is 15.0 Å². The Hall–Kier alpha value is -2.72. The second-order valence-electron chi connectivity index (χ2n) is 5.86. The molecule has 0 aliphatic carbocycles. The maximum atomic E-state index is 8.80. The van der Waals surface area contributed by atoms with E-state index in [1.165, 1.54) is 4.70 Å². The van der Waals surface area contributed by atoms with E-state index in [0.717, 1.165) is 43.2 Å². The molecule has 0 radical (unpaired) electrons. The maximum absolute atomic E-state index is 8.80. The number of rotatable bonds is 4. The number of thiophene rings is 1. The predicted molar refractivity (Wildman–Crippen MR) is 95.2 cm³/mol. The highest BCUT2D eigenvalue weighted by molar-refractivity contribution is 7.17. The average molecular weight is 336 g/mol. The summed E-state index contributed by atoms with van der Waals surface area (Å²) in [5.41, 5.74) is 1.60. The summed E-state index contributed by atoms with van der Waals surface area (Å²) in [6.45, 7) is 2.86. The molecular weight excluding hydrogens is 320 g/mol. The van der Waals surface area contributed by atoms with E-state index >= 15 is 0 Å². The predicted octanol–water partition coefficient (Wildman–Crippen LogP) is 2.90. The minimum atomic E-state index is 0.549. The van der Waals surface area contributed by atoms with Gasteiger partial charge < -0.3 is 10.2 Å². The Bertz CT molecular complexity index is 882. The van der Waals surface area contributed by atoms with E-state index in [-0.39, 0.29) is 0 Å². The number of hydrogen-bond acceptors (Lipinski definition) is 7. The van der Waals surface area contributed by atoms with Gasteiger partial charge in [0.2, 0.25) is 0 Å². The summed E-state index contributed by atoms with van der Waals surface area (Å²) in [6, 6.07) is 7.75. The van der Waals surface area contributed by atoms with Crippen molar-refractivity contribution >= 4 is 33.2 Å². The summed E-state index contributed by atoms with van der Waals surface area (Å²) in [5, 5.41) is 14.2. The van der Waals surface area contributed by atoms with Gasteiger partial charge in [0.25, 0.3) is 0 Å². The van der Waals surface area contributed by atoms with Crippen LogP contribution < -0.4 is 10.2 Å². The molecule has 0 spiro atoms. The molecular formula is C17H16N6S.